The zero-order chi connectivity index (χ0) is 13.4. The van der Waals surface area contributed by atoms with Crippen molar-refractivity contribution in [2.45, 2.75) is 51.9 Å². The maximum absolute atomic E-state index is 9.10. The summed E-state index contributed by atoms with van der Waals surface area (Å²) < 4.78 is 0.794. The lowest BCUT2D eigenvalue weighted by Crippen LogP contribution is -1.87. The average molecular weight is 325 g/mol. The van der Waals surface area contributed by atoms with Gasteiger partial charge in [0.2, 0.25) is 0 Å². The molecular formula is C14H17BrN2S. The number of nitrogens with zero attached hydrogens (tertiary/aromatic N) is 2. The number of halogens is 1. The Morgan fingerprint density at radius 2 is 1.61 bits per heavy atom. The number of hydrogen-bond acceptors (Lipinski definition) is 3. The van der Waals surface area contributed by atoms with E-state index in [1.165, 1.54) is 43.4 Å². The van der Waals surface area contributed by atoms with Crippen molar-refractivity contribution in [1.29, 1.82) is 10.5 Å². The van der Waals surface area contributed by atoms with Gasteiger partial charge in [-0.1, -0.05) is 39.0 Å². The van der Waals surface area contributed by atoms with Crippen LogP contribution in [-0.2, 0) is 6.42 Å². The smallest absolute Gasteiger partial charge is 0.103 e. The second-order valence-electron chi connectivity index (χ2n) is 4.29. The van der Waals surface area contributed by atoms with Crippen molar-refractivity contribution in [1.82, 2.24) is 0 Å². The van der Waals surface area contributed by atoms with Crippen molar-refractivity contribution >= 4 is 27.3 Å². The normalized spacial score (nSPS) is 10.0. The van der Waals surface area contributed by atoms with Gasteiger partial charge in [0.05, 0.1) is 14.9 Å². The van der Waals surface area contributed by atoms with Gasteiger partial charge in [0, 0.05) is 4.88 Å². The topological polar surface area (TPSA) is 47.6 Å². The lowest BCUT2D eigenvalue weighted by molar-refractivity contribution is 0.609. The third kappa shape index (κ3) is 4.12. The fourth-order valence-electron chi connectivity index (χ4n) is 1.91. The Balaban J connectivity index is 2.49. The Labute approximate surface area is 121 Å². The standard InChI is InChI=1S/C14H17BrN2S/c1-2-3-4-5-6-7-8-13-11(9-16)12(10-17)14(15)18-13/h2-8H2,1H3. The molecule has 18 heavy (non-hydrogen) atoms. The molecule has 0 amide bonds. The highest BCUT2D eigenvalue weighted by Crippen LogP contribution is 2.33. The summed E-state index contributed by atoms with van der Waals surface area (Å²) in [5.74, 6) is 0. The second kappa shape index (κ2) is 8.29. The van der Waals surface area contributed by atoms with Crippen molar-refractivity contribution in [3.63, 3.8) is 0 Å². The molecule has 0 aliphatic carbocycles. The molecule has 0 spiro atoms. The van der Waals surface area contributed by atoms with Crippen LogP contribution in [0.15, 0.2) is 3.79 Å². The van der Waals surface area contributed by atoms with Crippen LogP contribution in [0.25, 0.3) is 0 Å². The van der Waals surface area contributed by atoms with Gasteiger partial charge in [-0.15, -0.1) is 11.3 Å². The largest absolute Gasteiger partial charge is 0.192 e. The zero-order valence-corrected chi connectivity index (χ0v) is 13.0. The van der Waals surface area contributed by atoms with Crippen LogP contribution in [0.5, 0.6) is 0 Å². The molecule has 1 rings (SSSR count). The molecule has 1 aromatic rings. The molecule has 0 N–H and O–H groups in total. The average Bonchev–Trinajstić information content (AvgIpc) is 2.68. The van der Waals surface area contributed by atoms with E-state index in [-0.39, 0.29) is 0 Å². The highest BCUT2D eigenvalue weighted by molar-refractivity contribution is 9.11. The summed E-state index contributed by atoms with van der Waals surface area (Å²) in [6.07, 6.45) is 8.39. The van der Waals surface area contributed by atoms with E-state index in [2.05, 4.69) is 35.0 Å². The van der Waals surface area contributed by atoms with Crippen molar-refractivity contribution in [3.8, 4) is 12.1 Å². The minimum absolute atomic E-state index is 0.503. The number of thiophene rings is 1. The van der Waals surface area contributed by atoms with Crippen LogP contribution in [0, 0.1) is 22.7 Å². The Bertz CT molecular complexity index is 465. The van der Waals surface area contributed by atoms with E-state index in [1.807, 2.05) is 0 Å². The van der Waals surface area contributed by atoms with Crippen molar-refractivity contribution in [2.75, 3.05) is 0 Å². The molecule has 0 aliphatic heterocycles. The monoisotopic (exact) mass is 324 g/mol. The maximum Gasteiger partial charge on any atom is 0.103 e. The highest BCUT2D eigenvalue weighted by Gasteiger charge is 2.15. The number of nitriles is 2. The van der Waals surface area contributed by atoms with E-state index >= 15 is 0 Å². The van der Waals surface area contributed by atoms with Gasteiger partial charge >= 0.3 is 0 Å². The van der Waals surface area contributed by atoms with E-state index in [1.54, 1.807) is 0 Å². The Morgan fingerprint density at radius 3 is 2.22 bits per heavy atom. The SMILES string of the molecule is CCCCCCCCc1sc(Br)c(C#N)c1C#N. The van der Waals surface area contributed by atoms with Gasteiger partial charge in [0.25, 0.3) is 0 Å². The summed E-state index contributed by atoms with van der Waals surface area (Å²) in [6.45, 7) is 2.21. The third-order valence-electron chi connectivity index (χ3n) is 2.92. The highest BCUT2D eigenvalue weighted by atomic mass is 79.9. The van der Waals surface area contributed by atoms with E-state index in [9.17, 15) is 0 Å². The Hall–Kier alpha value is -0.840. The van der Waals surface area contributed by atoms with Crippen LogP contribution in [0.3, 0.4) is 0 Å². The first-order valence-corrected chi connectivity index (χ1v) is 7.96. The number of hydrogen-bond donors (Lipinski definition) is 0. The van der Waals surface area contributed by atoms with Gasteiger partial charge in [0.15, 0.2) is 0 Å². The molecule has 1 heterocycles. The molecule has 0 bridgehead atoms. The van der Waals surface area contributed by atoms with Crippen LogP contribution in [0.2, 0.25) is 0 Å². The molecule has 2 nitrogen and oxygen atoms in total. The first-order valence-electron chi connectivity index (χ1n) is 6.36. The van der Waals surface area contributed by atoms with Crippen molar-refractivity contribution in [3.05, 3.63) is 19.8 Å². The van der Waals surface area contributed by atoms with Crippen LogP contribution < -0.4 is 0 Å². The molecule has 0 aliphatic rings. The van der Waals surface area contributed by atoms with Gasteiger partial charge in [-0.25, -0.2) is 0 Å². The molecule has 0 unspecified atom stereocenters. The number of aryl methyl sites for hydroxylation is 1. The summed E-state index contributed by atoms with van der Waals surface area (Å²) in [4.78, 5) is 1.05. The van der Waals surface area contributed by atoms with E-state index in [0.29, 0.717) is 11.1 Å². The summed E-state index contributed by atoms with van der Waals surface area (Å²) in [7, 11) is 0. The lowest BCUT2D eigenvalue weighted by Gasteiger charge is -2.00. The summed E-state index contributed by atoms with van der Waals surface area (Å²) in [5.41, 5.74) is 1.08. The molecule has 0 radical (unpaired) electrons. The second-order valence-corrected chi connectivity index (χ2v) is 6.71. The Kier molecular flexibility index (Phi) is 7.01. The summed E-state index contributed by atoms with van der Waals surface area (Å²) >= 11 is 4.89. The maximum atomic E-state index is 9.10. The predicted octanol–water partition coefficient (Wildman–Crippen LogP) is 5.16. The quantitative estimate of drug-likeness (QED) is 0.650. The third-order valence-corrected chi connectivity index (χ3v) is 4.84. The molecule has 96 valence electrons. The molecule has 1 aromatic heterocycles. The van der Waals surface area contributed by atoms with Crippen LogP contribution >= 0.6 is 27.3 Å². The molecule has 0 saturated heterocycles. The van der Waals surface area contributed by atoms with Gasteiger partial charge in [0.1, 0.15) is 12.1 Å². The molecular weight excluding hydrogens is 308 g/mol. The molecule has 0 saturated carbocycles. The van der Waals surface area contributed by atoms with Crippen LogP contribution in [-0.4, -0.2) is 0 Å². The van der Waals surface area contributed by atoms with Gasteiger partial charge in [-0.2, -0.15) is 10.5 Å². The van der Waals surface area contributed by atoms with Crippen molar-refractivity contribution < 1.29 is 0 Å². The first kappa shape index (κ1) is 15.2. The number of rotatable bonds is 7. The van der Waals surface area contributed by atoms with Crippen LogP contribution in [0.4, 0.5) is 0 Å². The summed E-state index contributed by atoms with van der Waals surface area (Å²) in [6, 6.07) is 4.25. The lowest BCUT2D eigenvalue weighted by atomic mass is 10.1. The Morgan fingerprint density at radius 1 is 1.00 bits per heavy atom. The minimum Gasteiger partial charge on any atom is -0.192 e. The molecule has 0 aromatic carbocycles. The van der Waals surface area contributed by atoms with Gasteiger partial charge < -0.3 is 0 Å². The van der Waals surface area contributed by atoms with E-state index < -0.39 is 0 Å². The van der Waals surface area contributed by atoms with Crippen LogP contribution in [0.1, 0.15) is 61.5 Å². The van der Waals surface area contributed by atoms with Crippen molar-refractivity contribution in [2.24, 2.45) is 0 Å². The minimum atomic E-state index is 0.503. The van der Waals surface area contributed by atoms with E-state index in [0.717, 1.165) is 21.5 Å². The summed E-state index contributed by atoms with van der Waals surface area (Å²) in [5, 5.41) is 18.1. The zero-order valence-electron chi connectivity index (χ0n) is 10.6. The van der Waals surface area contributed by atoms with E-state index in [4.69, 9.17) is 10.5 Å². The molecule has 0 atom stereocenters. The molecule has 4 heteroatoms. The molecule has 0 fully saturated rings. The fraction of sp³-hybridized carbons (Fsp3) is 0.571. The predicted molar refractivity (Wildman–Crippen MR) is 78.5 cm³/mol. The first-order chi connectivity index (χ1) is 8.74. The van der Waals surface area contributed by atoms with Gasteiger partial charge in [-0.3, -0.25) is 0 Å². The van der Waals surface area contributed by atoms with Gasteiger partial charge in [-0.05, 0) is 28.8 Å². The number of unbranched alkanes of at least 4 members (excludes halogenated alkanes) is 5. The fourth-order valence-corrected chi connectivity index (χ4v) is 3.74.